The largest absolute Gasteiger partial charge is 0.465 e. The smallest absolute Gasteiger partial charge is 0.328 e. The maximum absolute atomic E-state index is 11.8. The first-order chi connectivity index (χ1) is 11.6. The number of rotatable bonds is 8. The monoisotopic (exact) mass is 327 g/mol. The summed E-state index contributed by atoms with van der Waals surface area (Å²) in [5.74, 6) is -0.535. The molecule has 0 aliphatic carbocycles. The van der Waals surface area contributed by atoms with E-state index >= 15 is 0 Å². The Hall–Kier alpha value is -2.17. The van der Waals surface area contributed by atoms with Gasteiger partial charge in [-0.1, -0.05) is 54.6 Å². The highest BCUT2D eigenvalue weighted by atomic mass is 16.5. The van der Waals surface area contributed by atoms with E-state index in [4.69, 9.17) is 10.5 Å². The van der Waals surface area contributed by atoms with Gasteiger partial charge in [0.25, 0.3) is 0 Å². The van der Waals surface area contributed by atoms with Gasteiger partial charge in [0.2, 0.25) is 0 Å². The number of nitrogens with two attached hydrogens (primary N) is 1. The van der Waals surface area contributed by atoms with Gasteiger partial charge in [0.1, 0.15) is 5.54 Å². The van der Waals surface area contributed by atoms with Crippen molar-refractivity contribution >= 4 is 5.97 Å². The quantitative estimate of drug-likeness (QED) is 0.731. The first-order valence-corrected chi connectivity index (χ1v) is 8.30. The SMILES string of the molecule is CCOC(=O)C(N)(CO)CCCc1ccc(-c2ccccc2)cc1. The lowest BCUT2D eigenvalue weighted by Crippen LogP contribution is -2.52. The van der Waals surface area contributed by atoms with E-state index in [-0.39, 0.29) is 6.61 Å². The molecule has 1 atom stereocenters. The zero-order chi connectivity index (χ0) is 17.4. The molecule has 0 radical (unpaired) electrons. The van der Waals surface area contributed by atoms with E-state index in [1.165, 1.54) is 16.7 Å². The van der Waals surface area contributed by atoms with Crippen molar-refractivity contribution in [1.82, 2.24) is 0 Å². The topological polar surface area (TPSA) is 72.5 Å². The van der Waals surface area contributed by atoms with Crippen molar-refractivity contribution < 1.29 is 14.6 Å². The van der Waals surface area contributed by atoms with Gasteiger partial charge in [0.05, 0.1) is 13.2 Å². The standard InChI is InChI=1S/C20H25NO3/c1-2-24-19(23)20(21,15-22)14-6-7-16-10-12-18(13-11-16)17-8-4-3-5-9-17/h3-5,8-13,22H,2,6-7,14-15,21H2,1H3. The number of hydrogen-bond acceptors (Lipinski definition) is 4. The molecule has 0 fully saturated rings. The van der Waals surface area contributed by atoms with Gasteiger partial charge in [-0.2, -0.15) is 0 Å². The highest BCUT2D eigenvalue weighted by molar-refractivity contribution is 5.80. The number of ether oxygens (including phenoxy) is 1. The predicted octanol–water partition coefficient (Wildman–Crippen LogP) is 2.93. The van der Waals surface area contributed by atoms with Crippen LogP contribution in [-0.2, 0) is 16.0 Å². The Morgan fingerprint density at radius 3 is 2.29 bits per heavy atom. The van der Waals surface area contributed by atoms with Crippen LogP contribution in [0.4, 0.5) is 0 Å². The Morgan fingerprint density at radius 2 is 1.71 bits per heavy atom. The molecule has 24 heavy (non-hydrogen) atoms. The zero-order valence-electron chi connectivity index (χ0n) is 14.1. The number of hydrogen-bond donors (Lipinski definition) is 2. The Bertz CT molecular complexity index is 640. The Labute approximate surface area is 143 Å². The van der Waals surface area contributed by atoms with Gasteiger partial charge < -0.3 is 15.6 Å². The lowest BCUT2D eigenvalue weighted by molar-refractivity contribution is -0.151. The molecule has 0 spiro atoms. The van der Waals surface area contributed by atoms with Crippen molar-refractivity contribution in [3.05, 3.63) is 60.2 Å². The molecule has 0 bridgehead atoms. The average Bonchev–Trinajstić information content (AvgIpc) is 2.63. The van der Waals surface area contributed by atoms with Crippen LogP contribution in [0.25, 0.3) is 11.1 Å². The minimum Gasteiger partial charge on any atom is -0.465 e. The number of carbonyl (C=O) groups excluding carboxylic acids is 1. The second-order valence-electron chi connectivity index (χ2n) is 5.95. The first kappa shape index (κ1) is 18.2. The van der Waals surface area contributed by atoms with Crippen molar-refractivity contribution in [2.24, 2.45) is 5.73 Å². The van der Waals surface area contributed by atoms with Crippen LogP contribution in [0.3, 0.4) is 0 Å². The zero-order valence-corrected chi connectivity index (χ0v) is 14.1. The minimum atomic E-state index is -1.31. The fourth-order valence-corrected chi connectivity index (χ4v) is 2.62. The van der Waals surface area contributed by atoms with Gasteiger partial charge in [0.15, 0.2) is 0 Å². The molecule has 2 aromatic rings. The van der Waals surface area contributed by atoms with Gasteiger partial charge in [-0.25, -0.2) is 4.79 Å². The summed E-state index contributed by atoms with van der Waals surface area (Å²) < 4.78 is 4.94. The molecule has 128 valence electrons. The number of benzene rings is 2. The van der Waals surface area contributed by atoms with Crippen LogP contribution in [0.15, 0.2) is 54.6 Å². The van der Waals surface area contributed by atoms with E-state index in [9.17, 15) is 9.90 Å². The summed E-state index contributed by atoms with van der Waals surface area (Å²) in [5.41, 5.74) is 8.20. The van der Waals surface area contributed by atoms with E-state index in [1.807, 2.05) is 18.2 Å². The molecule has 0 aliphatic rings. The van der Waals surface area contributed by atoms with Crippen molar-refractivity contribution in [3.63, 3.8) is 0 Å². The molecule has 2 aromatic carbocycles. The number of aliphatic hydroxyl groups is 1. The predicted molar refractivity (Wildman–Crippen MR) is 95.5 cm³/mol. The average molecular weight is 327 g/mol. The molecule has 0 amide bonds. The third kappa shape index (κ3) is 4.66. The van der Waals surface area contributed by atoms with Crippen molar-refractivity contribution in [2.75, 3.05) is 13.2 Å². The second kappa shape index (κ2) is 8.62. The Balaban J connectivity index is 1.91. The molecule has 0 heterocycles. The van der Waals surface area contributed by atoms with Crippen LogP contribution in [-0.4, -0.2) is 29.8 Å². The van der Waals surface area contributed by atoms with Crippen LogP contribution in [0.5, 0.6) is 0 Å². The normalized spacial score (nSPS) is 13.3. The second-order valence-corrected chi connectivity index (χ2v) is 5.95. The molecule has 2 rings (SSSR count). The van der Waals surface area contributed by atoms with Crippen molar-refractivity contribution in [1.29, 1.82) is 0 Å². The Morgan fingerprint density at radius 1 is 1.08 bits per heavy atom. The molecule has 3 N–H and O–H groups in total. The molecular weight excluding hydrogens is 302 g/mol. The van der Waals surface area contributed by atoms with Crippen LogP contribution in [0.2, 0.25) is 0 Å². The summed E-state index contributed by atoms with van der Waals surface area (Å²) in [6.45, 7) is 1.58. The van der Waals surface area contributed by atoms with E-state index < -0.39 is 18.1 Å². The van der Waals surface area contributed by atoms with Crippen LogP contribution >= 0.6 is 0 Å². The number of aliphatic hydroxyl groups excluding tert-OH is 1. The third-order valence-electron chi connectivity index (χ3n) is 4.11. The molecule has 0 saturated heterocycles. The summed E-state index contributed by atoms with van der Waals surface area (Å²) in [7, 11) is 0. The summed E-state index contributed by atoms with van der Waals surface area (Å²) in [6.07, 6.45) is 1.90. The maximum atomic E-state index is 11.8. The Kier molecular flexibility index (Phi) is 6.53. The summed E-state index contributed by atoms with van der Waals surface area (Å²) in [6, 6.07) is 18.6. The molecule has 1 unspecified atom stereocenters. The first-order valence-electron chi connectivity index (χ1n) is 8.30. The molecule has 0 aliphatic heterocycles. The fourth-order valence-electron chi connectivity index (χ4n) is 2.62. The van der Waals surface area contributed by atoms with Crippen LogP contribution < -0.4 is 5.73 Å². The molecule has 0 saturated carbocycles. The van der Waals surface area contributed by atoms with Gasteiger partial charge in [-0.05, 0) is 42.9 Å². The molecule has 0 aromatic heterocycles. The van der Waals surface area contributed by atoms with Crippen LogP contribution in [0.1, 0.15) is 25.3 Å². The van der Waals surface area contributed by atoms with Crippen molar-refractivity contribution in [3.8, 4) is 11.1 Å². The lowest BCUT2D eigenvalue weighted by atomic mass is 9.93. The number of aryl methyl sites for hydroxylation is 1. The number of carbonyl (C=O) groups is 1. The highest BCUT2D eigenvalue weighted by Crippen LogP contribution is 2.20. The van der Waals surface area contributed by atoms with E-state index in [0.29, 0.717) is 12.8 Å². The molecule has 4 nitrogen and oxygen atoms in total. The van der Waals surface area contributed by atoms with Gasteiger partial charge in [-0.3, -0.25) is 0 Å². The molecular formula is C20H25NO3. The lowest BCUT2D eigenvalue weighted by Gasteiger charge is -2.24. The van der Waals surface area contributed by atoms with Gasteiger partial charge in [-0.15, -0.1) is 0 Å². The minimum absolute atomic E-state index is 0.263. The number of esters is 1. The summed E-state index contributed by atoms with van der Waals surface area (Å²) >= 11 is 0. The third-order valence-corrected chi connectivity index (χ3v) is 4.11. The van der Waals surface area contributed by atoms with E-state index in [2.05, 4.69) is 36.4 Å². The van der Waals surface area contributed by atoms with Crippen molar-refractivity contribution in [2.45, 2.75) is 31.7 Å². The van der Waals surface area contributed by atoms with Gasteiger partial charge >= 0.3 is 5.97 Å². The fraction of sp³-hybridized carbons (Fsp3) is 0.350. The van der Waals surface area contributed by atoms with Gasteiger partial charge in [0, 0.05) is 0 Å². The summed E-state index contributed by atoms with van der Waals surface area (Å²) in [5, 5.41) is 9.42. The van der Waals surface area contributed by atoms with E-state index in [1.54, 1.807) is 6.92 Å². The molecule has 4 heteroatoms. The summed E-state index contributed by atoms with van der Waals surface area (Å²) in [4.78, 5) is 11.8. The highest BCUT2D eigenvalue weighted by Gasteiger charge is 2.34. The maximum Gasteiger partial charge on any atom is 0.328 e. The van der Waals surface area contributed by atoms with E-state index in [0.717, 1.165) is 6.42 Å². The van der Waals surface area contributed by atoms with Crippen LogP contribution in [0, 0.1) is 0 Å².